The van der Waals surface area contributed by atoms with Crippen LogP contribution in [0.2, 0.25) is 0 Å². The number of methoxy groups -OCH3 is 1. The number of benzene rings is 1. The minimum absolute atomic E-state index is 0.239. The maximum absolute atomic E-state index is 11.6. The van der Waals surface area contributed by atoms with Crippen LogP contribution in [0.3, 0.4) is 0 Å². The Hall–Kier alpha value is -1.73. The number of nitrogens with zero attached hydrogens (tertiary/aromatic N) is 2. The zero-order valence-electron chi connectivity index (χ0n) is 11.6. The average molecular weight is 295 g/mol. The Labute approximate surface area is 120 Å². The fourth-order valence-corrected chi connectivity index (χ4v) is 3.10. The minimum atomic E-state index is -0.672. The maximum Gasteiger partial charge on any atom is 0.343 e. The second kappa shape index (κ2) is 6.15. The molecule has 1 aromatic carbocycles. The summed E-state index contributed by atoms with van der Waals surface area (Å²) in [6, 6.07) is 5.51. The summed E-state index contributed by atoms with van der Waals surface area (Å²) in [7, 11) is 1.56. The van der Waals surface area contributed by atoms with Gasteiger partial charge in [-0.3, -0.25) is 4.57 Å². The normalized spacial score (nSPS) is 12.4. The summed E-state index contributed by atoms with van der Waals surface area (Å²) in [5.74, 6) is 0.617. The lowest BCUT2D eigenvalue weighted by molar-refractivity contribution is 0.191. The van der Waals surface area contributed by atoms with E-state index in [2.05, 4.69) is 10.2 Å². The van der Waals surface area contributed by atoms with Crippen molar-refractivity contribution in [3.05, 3.63) is 34.2 Å². The highest BCUT2D eigenvalue weighted by Gasteiger charge is 2.17. The Morgan fingerprint density at radius 2 is 2.30 bits per heavy atom. The van der Waals surface area contributed by atoms with E-state index in [4.69, 9.17) is 4.74 Å². The Morgan fingerprint density at radius 1 is 1.55 bits per heavy atom. The number of ether oxygens (including phenoxy) is 1. The predicted molar refractivity (Wildman–Crippen MR) is 76.3 cm³/mol. The molecule has 0 amide bonds. The molecule has 0 saturated heterocycles. The summed E-state index contributed by atoms with van der Waals surface area (Å²) in [5.41, 5.74) is 0.453. The molecule has 1 aromatic heterocycles. The van der Waals surface area contributed by atoms with Crippen molar-refractivity contribution in [2.45, 2.75) is 36.5 Å². The van der Waals surface area contributed by atoms with Crippen molar-refractivity contribution in [3.63, 3.8) is 0 Å². The highest BCUT2D eigenvalue weighted by atomic mass is 32.2. The first-order valence-electron chi connectivity index (χ1n) is 6.26. The maximum atomic E-state index is 11.6. The summed E-state index contributed by atoms with van der Waals surface area (Å²) < 4.78 is 6.81. The molecule has 2 N–H and O–H groups in total. The number of aliphatic hydroxyl groups excluding tert-OH is 1. The highest BCUT2D eigenvalue weighted by molar-refractivity contribution is 7.99. The third-order valence-electron chi connectivity index (χ3n) is 2.90. The van der Waals surface area contributed by atoms with Crippen LogP contribution in [-0.4, -0.2) is 27.0 Å². The Morgan fingerprint density at radius 3 is 2.90 bits per heavy atom. The number of hydrogen-bond donors (Lipinski definition) is 2. The first-order valence-corrected chi connectivity index (χ1v) is 7.08. The topological polar surface area (TPSA) is 80.1 Å². The predicted octanol–water partition coefficient (Wildman–Crippen LogP) is 1.80. The van der Waals surface area contributed by atoms with Gasteiger partial charge in [-0.1, -0.05) is 6.07 Å². The van der Waals surface area contributed by atoms with E-state index in [0.29, 0.717) is 23.0 Å². The molecule has 2 aromatic rings. The zero-order chi connectivity index (χ0) is 14.7. The standard InChI is InChI=1S/C13H17N3O3S/c1-4-16-12(18)14-15-13(16)20-10-7-5-6-9(19-3)11(10)8(2)17/h5-8,17H,4H2,1-3H3,(H,14,18)/t8-/m1/s1. The van der Waals surface area contributed by atoms with Gasteiger partial charge in [0.05, 0.1) is 13.2 Å². The van der Waals surface area contributed by atoms with E-state index in [1.54, 1.807) is 20.1 Å². The molecule has 0 fully saturated rings. The van der Waals surface area contributed by atoms with Crippen LogP contribution in [0, 0.1) is 0 Å². The van der Waals surface area contributed by atoms with E-state index in [1.165, 1.54) is 16.3 Å². The van der Waals surface area contributed by atoms with Gasteiger partial charge >= 0.3 is 5.69 Å². The first kappa shape index (κ1) is 14.7. The van der Waals surface area contributed by atoms with Gasteiger partial charge in [0.1, 0.15) is 5.75 Å². The molecule has 0 unspecified atom stereocenters. The van der Waals surface area contributed by atoms with Crippen molar-refractivity contribution in [2.24, 2.45) is 0 Å². The number of aliphatic hydroxyl groups is 1. The van der Waals surface area contributed by atoms with Crippen molar-refractivity contribution >= 4 is 11.8 Å². The lowest BCUT2D eigenvalue weighted by atomic mass is 10.1. The second-order valence-corrected chi connectivity index (χ2v) is 5.21. The highest BCUT2D eigenvalue weighted by Crippen LogP contribution is 2.37. The SMILES string of the molecule is CCn1c(Sc2cccc(OC)c2[C@@H](C)O)n[nH]c1=O. The van der Waals surface area contributed by atoms with Crippen LogP contribution < -0.4 is 10.4 Å². The molecule has 2 rings (SSSR count). The molecule has 0 radical (unpaired) electrons. The van der Waals surface area contributed by atoms with Gasteiger partial charge in [0.25, 0.3) is 0 Å². The molecule has 0 aliphatic heterocycles. The van der Waals surface area contributed by atoms with E-state index >= 15 is 0 Å². The van der Waals surface area contributed by atoms with Crippen LogP contribution in [0.4, 0.5) is 0 Å². The molecular formula is C13H17N3O3S. The first-order chi connectivity index (χ1) is 9.58. The van der Waals surface area contributed by atoms with Gasteiger partial charge in [0.15, 0.2) is 5.16 Å². The average Bonchev–Trinajstić information content (AvgIpc) is 2.78. The van der Waals surface area contributed by atoms with Crippen molar-refractivity contribution < 1.29 is 9.84 Å². The summed E-state index contributed by atoms with van der Waals surface area (Å²) in [6.45, 7) is 4.09. The number of rotatable bonds is 5. The third kappa shape index (κ3) is 2.73. The number of aromatic amines is 1. The molecule has 0 saturated carbocycles. The van der Waals surface area contributed by atoms with Gasteiger partial charge in [-0.05, 0) is 37.7 Å². The van der Waals surface area contributed by atoms with Crippen molar-refractivity contribution in [2.75, 3.05) is 7.11 Å². The molecule has 1 atom stereocenters. The summed E-state index contributed by atoms with van der Waals surface area (Å²) in [6.07, 6.45) is -0.672. The fourth-order valence-electron chi connectivity index (χ4n) is 1.96. The Bertz CT molecular complexity index is 649. The number of hydrogen-bond acceptors (Lipinski definition) is 5. The van der Waals surface area contributed by atoms with Gasteiger partial charge < -0.3 is 9.84 Å². The van der Waals surface area contributed by atoms with E-state index in [0.717, 1.165) is 4.90 Å². The molecule has 7 heteroatoms. The van der Waals surface area contributed by atoms with Gasteiger partial charge in [0.2, 0.25) is 0 Å². The summed E-state index contributed by atoms with van der Waals surface area (Å²) in [5, 5.41) is 16.9. The Balaban J connectivity index is 2.45. The smallest absolute Gasteiger partial charge is 0.343 e. The third-order valence-corrected chi connectivity index (χ3v) is 3.97. The van der Waals surface area contributed by atoms with Crippen LogP contribution in [0.5, 0.6) is 5.75 Å². The van der Waals surface area contributed by atoms with Crippen molar-refractivity contribution in [1.82, 2.24) is 14.8 Å². The van der Waals surface area contributed by atoms with Crippen LogP contribution in [0.1, 0.15) is 25.5 Å². The quantitative estimate of drug-likeness (QED) is 0.879. The number of H-pyrrole nitrogens is 1. The molecular weight excluding hydrogens is 278 g/mol. The molecule has 0 bridgehead atoms. The number of aromatic nitrogens is 3. The molecule has 6 nitrogen and oxygen atoms in total. The molecule has 108 valence electrons. The van der Waals surface area contributed by atoms with Gasteiger partial charge in [-0.2, -0.15) is 0 Å². The minimum Gasteiger partial charge on any atom is -0.496 e. The van der Waals surface area contributed by atoms with Crippen LogP contribution >= 0.6 is 11.8 Å². The molecule has 1 heterocycles. The van der Waals surface area contributed by atoms with E-state index in [1.807, 2.05) is 19.1 Å². The van der Waals surface area contributed by atoms with E-state index in [-0.39, 0.29) is 5.69 Å². The lowest BCUT2D eigenvalue weighted by Gasteiger charge is -2.15. The van der Waals surface area contributed by atoms with Gasteiger partial charge in [-0.25, -0.2) is 9.89 Å². The molecule has 0 spiro atoms. The van der Waals surface area contributed by atoms with Crippen molar-refractivity contribution in [3.8, 4) is 5.75 Å². The van der Waals surface area contributed by atoms with Crippen LogP contribution in [-0.2, 0) is 6.54 Å². The largest absolute Gasteiger partial charge is 0.496 e. The Kier molecular flexibility index (Phi) is 4.51. The van der Waals surface area contributed by atoms with Gasteiger partial charge in [-0.15, -0.1) is 5.10 Å². The summed E-state index contributed by atoms with van der Waals surface area (Å²) >= 11 is 1.32. The molecule has 0 aliphatic carbocycles. The van der Waals surface area contributed by atoms with E-state index < -0.39 is 6.10 Å². The molecule has 20 heavy (non-hydrogen) atoms. The fraction of sp³-hybridized carbons (Fsp3) is 0.385. The zero-order valence-corrected chi connectivity index (χ0v) is 12.4. The molecule has 0 aliphatic rings. The second-order valence-electron chi connectivity index (χ2n) is 4.21. The van der Waals surface area contributed by atoms with E-state index in [9.17, 15) is 9.90 Å². The van der Waals surface area contributed by atoms with Gasteiger partial charge in [0, 0.05) is 17.0 Å². The van der Waals surface area contributed by atoms with Crippen molar-refractivity contribution in [1.29, 1.82) is 0 Å². The summed E-state index contributed by atoms with van der Waals surface area (Å²) in [4.78, 5) is 12.4. The van der Waals surface area contributed by atoms with Crippen LogP contribution in [0.15, 0.2) is 33.0 Å². The van der Waals surface area contributed by atoms with Crippen LogP contribution in [0.25, 0.3) is 0 Å². The monoisotopic (exact) mass is 295 g/mol. The number of nitrogens with one attached hydrogen (secondary N) is 1. The lowest BCUT2D eigenvalue weighted by Crippen LogP contribution is -2.16.